The molecule has 0 N–H and O–H groups in total. The summed E-state index contributed by atoms with van der Waals surface area (Å²) in [4.78, 5) is 21.6. The Labute approximate surface area is 221 Å². The van der Waals surface area contributed by atoms with Gasteiger partial charge >= 0.3 is 11.4 Å². The molecule has 0 saturated heterocycles. The van der Waals surface area contributed by atoms with E-state index in [-0.39, 0.29) is 33.7 Å². The number of nitro groups is 2. The molecule has 0 heterocycles. The molecule has 0 fully saturated rings. The number of nitro benzene ring substituents is 2. The molecule has 0 aliphatic carbocycles. The number of hydrogen-bond acceptors (Lipinski definition) is 8. The van der Waals surface area contributed by atoms with Crippen molar-refractivity contribution >= 4 is 11.4 Å². The van der Waals surface area contributed by atoms with Gasteiger partial charge in [0, 0.05) is 35.4 Å². The van der Waals surface area contributed by atoms with E-state index in [0.29, 0.717) is 23.0 Å². The maximum absolute atomic E-state index is 11.3. The van der Waals surface area contributed by atoms with E-state index in [1.807, 2.05) is 53.7 Å². The van der Waals surface area contributed by atoms with Crippen LogP contribution in [0, 0.1) is 20.2 Å². The number of hydrogen-bond donors (Lipinski definition) is 0. The average molecular weight is 525 g/mol. The Hall–Kier alpha value is -4.34. The number of rotatable bonds is 8. The summed E-state index contributed by atoms with van der Waals surface area (Å²) in [5, 5.41) is 22.6. The molecule has 202 valence electrons. The molecule has 3 rings (SSSR count). The molecule has 0 bridgehead atoms. The molecule has 0 amide bonds. The predicted molar refractivity (Wildman–Crippen MR) is 143 cm³/mol. The van der Waals surface area contributed by atoms with Crippen LogP contribution >= 0.6 is 0 Å². The van der Waals surface area contributed by atoms with Crippen LogP contribution < -0.4 is 18.9 Å². The molecule has 3 aromatic carbocycles. The summed E-state index contributed by atoms with van der Waals surface area (Å²) in [7, 11) is 2.73. The van der Waals surface area contributed by atoms with Gasteiger partial charge in [-0.2, -0.15) is 0 Å². The van der Waals surface area contributed by atoms with Gasteiger partial charge in [0.1, 0.15) is 23.0 Å². The summed E-state index contributed by atoms with van der Waals surface area (Å²) in [6.45, 7) is 12.2. The number of methoxy groups -OCH3 is 2. The number of benzene rings is 3. The van der Waals surface area contributed by atoms with Crippen molar-refractivity contribution in [3.05, 3.63) is 79.9 Å². The highest BCUT2D eigenvalue weighted by atomic mass is 16.6. The van der Waals surface area contributed by atoms with Crippen LogP contribution in [-0.4, -0.2) is 24.1 Å². The van der Waals surface area contributed by atoms with Crippen molar-refractivity contribution in [3.8, 4) is 34.5 Å². The van der Waals surface area contributed by atoms with Gasteiger partial charge < -0.3 is 18.9 Å². The summed E-state index contributed by atoms with van der Waals surface area (Å²) in [5.74, 6) is 2.07. The normalized spacial score (nSPS) is 11.6. The van der Waals surface area contributed by atoms with E-state index in [9.17, 15) is 20.2 Å². The lowest BCUT2D eigenvalue weighted by molar-refractivity contribution is -0.385. The van der Waals surface area contributed by atoms with E-state index in [0.717, 1.165) is 11.1 Å². The zero-order valence-corrected chi connectivity index (χ0v) is 22.8. The molecule has 3 aromatic rings. The van der Waals surface area contributed by atoms with E-state index >= 15 is 0 Å². The van der Waals surface area contributed by atoms with Crippen LogP contribution in [-0.2, 0) is 10.8 Å². The van der Waals surface area contributed by atoms with Gasteiger partial charge in [-0.15, -0.1) is 0 Å². The molecule has 0 atom stereocenters. The van der Waals surface area contributed by atoms with Gasteiger partial charge in [-0.3, -0.25) is 20.2 Å². The van der Waals surface area contributed by atoms with Crippen LogP contribution in [0.15, 0.2) is 48.5 Å². The maximum atomic E-state index is 11.3. The Bertz CT molecular complexity index is 1270. The SMILES string of the molecule is COc1cc(Oc2cc(C(C)(C)C)c(Oc3ccc([N+](=O)[O-])c(OC)c3)cc2C(C)(C)C)ccc1[N+](=O)[O-]. The Morgan fingerprint density at radius 1 is 0.579 bits per heavy atom. The second-order valence-corrected chi connectivity index (χ2v) is 10.7. The zero-order valence-electron chi connectivity index (χ0n) is 22.8. The minimum atomic E-state index is -0.514. The smallest absolute Gasteiger partial charge is 0.311 e. The highest BCUT2D eigenvalue weighted by Gasteiger charge is 2.28. The lowest BCUT2D eigenvalue weighted by atomic mass is 9.81. The fourth-order valence-corrected chi connectivity index (χ4v) is 3.90. The van der Waals surface area contributed by atoms with Crippen molar-refractivity contribution in [2.24, 2.45) is 0 Å². The highest BCUT2D eigenvalue weighted by Crippen LogP contribution is 2.45. The van der Waals surface area contributed by atoms with Crippen molar-refractivity contribution < 1.29 is 28.8 Å². The Balaban J connectivity index is 2.15. The molecule has 10 heteroatoms. The average Bonchev–Trinajstić information content (AvgIpc) is 2.82. The third-order valence-electron chi connectivity index (χ3n) is 5.85. The molecule has 0 spiro atoms. The first-order chi connectivity index (χ1) is 17.6. The maximum Gasteiger partial charge on any atom is 0.311 e. The lowest BCUT2D eigenvalue weighted by Gasteiger charge is -2.29. The summed E-state index contributed by atoms with van der Waals surface area (Å²) < 4.78 is 22.9. The molecule has 0 aliphatic rings. The summed E-state index contributed by atoms with van der Waals surface area (Å²) >= 11 is 0. The molecular formula is C28H32N2O8. The highest BCUT2D eigenvalue weighted by molar-refractivity contribution is 5.57. The van der Waals surface area contributed by atoms with Crippen LogP contribution in [0.25, 0.3) is 0 Å². The molecule has 0 aromatic heterocycles. The van der Waals surface area contributed by atoms with Gasteiger partial charge in [-0.05, 0) is 35.1 Å². The van der Waals surface area contributed by atoms with Crippen molar-refractivity contribution in [1.82, 2.24) is 0 Å². The molecule has 0 radical (unpaired) electrons. The lowest BCUT2D eigenvalue weighted by Crippen LogP contribution is -2.17. The fraction of sp³-hybridized carbons (Fsp3) is 0.357. The van der Waals surface area contributed by atoms with Gasteiger partial charge in [-0.25, -0.2) is 0 Å². The number of ether oxygens (including phenoxy) is 4. The minimum absolute atomic E-state index is 0.0907. The largest absolute Gasteiger partial charge is 0.490 e. The molecule has 0 saturated carbocycles. The van der Waals surface area contributed by atoms with Crippen LogP contribution in [0.4, 0.5) is 11.4 Å². The van der Waals surface area contributed by atoms with Gasteiger partial charge in [0.2, 0.25) is 11.5 Å². The van der Waals surface area contributed by atoms with E-state index in [4.69, 9.17) is 18.9 Å². The summed E-state index contributed by atoms with van der Waals surface area (Å²) in [6, 6.07) is 12.5. The first-order valence-corrected chi connectivity index (χ1v) is 11.8. The predicted octanol–water partition coefficient (Wildman–Crippen LogP) is 7.70. The van der Waals surface area contributed by atoms with Crippen LogP contribution in [0.5, 0.6) is 34.5 Å². The van der Waals surface area contributed by atoms with Crippen LogP contribution in [0.3, 0.4) is 0 Å². The second-order valence-electron chi connectivity index (χ2n) is 10.7. The zero-order chi connectivity index (χ0) is 28.4. The standard InChI is InChI=1S/C28H32N2O8/c1-27(2,3)19-15-24(38-18-10-12-22(30(33)34)26(14-18)36-8)20(28(4,5)6)16-23(19)37-17-9-11-21(29(31)32)25(13-17)35-7/h9-16H,1-8H3. The first kappa shape index (κ1) is 28.2. The van der Waals surface area contributed by atoms with Crippen molar-refractivity contribution in [2.45, 2.75) is 52.4 Å². The molecule has 10 nitrogen and oxygen atoms in total. The Morgan fingerprint density at radius 2 is 0.921 bits per heavy atom. The van der Waals surface area contributed by atoms with Crippen LogP contribution in [0.2, 0.25) is 0 Å². The van der Waals surface area contributed by atoms with Gasteiger partial charge in [0.05, 0.1) is 24.1 Å². The van der Waals surface area contributed by atoms with Gasteiger partial charge in [0.25, 0.3) is 0 Å². The van der Waals surface area contributed by atoms with Crippen molar-refractivity contribution in [1.29, 1.82) is 0 Å². The molecule has 0 aliphatic heterocycles. The van der Waals surface area contributed by atoms with Crippen LogP contribution in [0.1, 0.15) is 52.7 Å². The topological polar surface area (TPSA) is 123 Å². The summed E-state index contributed by atoms with van der Waals surface area (Å²) in [6.07, 6.45) is 0. The van der Waals surface area contributed by atoms with Crippen molar-refractivity contribution in [2.75, 3.05) is 14.2 Å². The Kier molecular flexibility index (Phi) is 7.85. The first-order valence-electron chi connectivity index (χ1n) is 11.8. The van der Waals surface area contributed by atoms with E-state index in [2.05, 4.69) is 0 Å². The molecule has 38 heavy (non-hydrogen) atoms. The monoisotopic (exact) mass is 524 g/mol. The minimum Gasteiger partial charge on any atom is -0.490 e. The third-order valence-corrected chi connectivity index (χ3v) is 5.85. The molecule has 0 unspecified atom stereocenters. The van der Waals surface area contributed by atoms with E-state index < -0.39 is 9.85 Å². The fourth-order valence-electron chi connectivity index (χ4n) is 3.90. The summed E-state index contributed by atoms with van der Waals surface area (Å²) in [5.41, 5.74) is 0.588. The third kappa shape index (κ3) is 6.13. The van der Waals surface area contributed by atoms with Crippen molar-refractivity contribution in [3.63, 3.8) is 0 Å². The van der Waals surface area contributed by atoms with Gasteiger partial charge in [0.15, 0.2) is 0 Å². The number of nitrogens with zero attached hydrogens (tertiary/aromatic N) is 2. The Morgan fingerprint density at radius 3 is 1.18 bits per heavy atom. The van der Waals surface area contributed by atoms with E-state index in [1.54, 1.807) is 0 Å². The second kappa shape index (κ2) is 10.6. The van der Waals surface area contributed by atoms with E-state index in [1.165, 1.54) is 50.6 Å². The van der Waals surface area contributed by atoms with Gasteiger partial charge in [-0.1, -0.05) is 41.5 Å². The molecular weight excluding hydrogens is 492 g/mol. The quantitative estimate of drug-likeness (QED) is 0.217.